The minimum Gasteiger partial charge on any atom is -0.398 e. The Morgan fingerprint density at radius 1 is 1.24 bits per heavy atom. The smallest absolute Gasteiger partial charge is 0.226 e. The molecule has 1 rings (SSSR count). The number of rotatable bonds is 7. The molecule has 0 atom stereocenters. The van der Waals surface area contributed by atoms with Crippen molar-refractivity contribution in [2.45, 2.75) is 39.7 Å². The van der Waals surface area contributed by atoms with Gasteiger partial charge < -0.3 is 20.5 Å². The predicted octanol–water partition coefficient (Wildman–Crippen LogP) is 2.74. The Labute approximate surface area is 126 Å². The van der Waals surface area contributed by atoms with E-state index in [1.54, 1.807) is 0 Å². The molecule has 5 nitrogen and oxygen atoms in total. The Hall–Kier alpha value is -1.59. The van der Waals surface area contributed by atoms with Crippen molar-refractivity contribution in [1.82, 2.24) is 0 Å². The van der Waals surface area contributed by atoms with E-state index in [2.05, 4.69) is 5.32 Å². The molecule has 0 aliphatic heterocycles. The number of amides is 1. The second-order valence-electron chi connectivity index (χ2n) is 5.89. The molecule has 0 unspecified atom stereocenters. The van der Waals surface area contributed by atoms with E-state index in [1.165, 1.54) is 0 Å². The van der Waals surface area contributed by atoms with Crippen LogP contribution in [-0.2, 0) is 14.3 Å². The van der Waals surface area contributed by atoms with Crippen LogP contribution in [0.25, 0.3) is 0 Å². The first-order valence-corrected chi connectivity index (χ1v) is 7.16. The SMILES string of the molecule is Cc1c(N)cccc1NC(=O)CCOCCOC(C)(C)C. The summed E-state index contributed by atoms with van der Waals surface area (Å²) >= 11 is 0. The third kappa shape index (κ3) is 7.11. The summed E-state index contributed by atoms with van der Waals surface area (Å²) in [5, 5.41) is 2.84. The summed E-state index contributed by atoms with van der Waals surface area (Å²) in [4.78, 5) is 11.8. The van der Waals surface area contributed by atoms with E-state index in [0.29, 0.717) is 31.9 Å². The Morgan fingerprint density at radius 3 is 2.62 bits per heavy atom. The number of nitrogen functional groups attached to an aromatic ring is 1. The molecular formula is C16H26N2O3. The number of carbonyl (C=O) groups is 1. The average Bonchev–Trinajstić information content (AvgIpc) is 2.38. The highest BCUT2D eigenvalue weighted by molar-refractivity contribution is 5.92. The molecule has 21 heavy (non-hydrogen) atoms. The molecule has 0 saturated carbocycles. The number of carbonyl (C=O) groups excluding carboxylic acids is 1. The standard InChI is InChI=1S/C16H26N2O3/c1-12-13(17)6-5-7-14(12)18-15(19)8-9-20-10-11-21-16(2,3)4/h5-7H,8-11,17H2,1-4H3,(H,18,19). The van der Waals surface area contributed by atoms with Gasteiger partial charge in [-0.1, -0.05) is 6.07 Å². The number of ether oxygens (including phenoxy) is 2. The molecule has 5 heteroatoms. The number of benzene rings is 1. The molecule has 0 aliphatic carbocycles. The molecule has 0 aliphatic rings. The molecule has 0 radical (unpaired) electrons. The number of anilines is 2. The fraction of sp³-hybridized carbons (Fsp3) is 0.562. The van der Waals surface area contributed by atoms with Gasteiger partial charge in [0.25, 0.3) is 0 Å². The molecule has 0 spiro atoms. The van der Waals surface area contributed by atoms with Crippen molar-refractivity contribution in [3.05, 3.63) is 23.8 Å². The lowest BCUT2D eigenvalue weighted by Gasteiger charge is -2.19. The maximum absolute atomic E-state index is 11.8. The second kappa shape index (κ2) is 8.00. The van der Waals surface area contributed by atoms with Crippen LogP contribution >= 0.6 is 0 Å². The first kappa shape index (κ1) is 17.5. The summed E-state index contributed by atoms with van der Waals surface area (Å²) in [6, 6.07) is 5.46. The van der Waals surface area contributed by atoms with E-state index in [0.717, 1.165) is 11.3 Å². The Bertz CT molecular complexity index is 467. The van der Waals surface area contributed by atoms with Crippen LogP contribution in [0.5, 0.6) is 0 Å². The maximum atomic E-state index is 11.8. The molecule has 1 aromatic rings. The van der Waals surface area contributed by atoms with Crippen molar-refractivity contribution in [3.8, 4) is 0 Å². The summed E-state index contributed by atoms with van der Waals surface area (Å²) in [5.74, 6) is -0.0829. The van der Waals surface area contributed by atoms with Crippen LogP contribution in [0.15, 0.2) is 18.2 Å². The molecule has 118 valence electrons. The normalized spacial score (nSPS) is 11.4. The van der Waals surface area contributed by atoms with Crippen LogP contribution in [0.3, 0.4) is 0 Å². The molecule has 0 saturated heterocycles. The van der Waals surface area contributed by atoms with Gasteiger partial charge >= 0.3 is 0 Å². The largest absolute Gasteiger partial charge is 0.398 e. The molecule has 3 N–H and O–H groups in total. The van der Waals surface area contributed by atoms with Gasteiger partial charge in [-0.25, -0.2) is 0 Å². The topological polar surface area (TPSA) is 73.6 Å². The molecule has 1 amide bonds. The van der Waals surface area contributed by atoms with Crippen molar-refractivity contribution in [2.75, 3.05) is 30.9 Å². The minimum atomic E-state index is -0.161. The number of hydrogen-bond donors (Lipinski definition) is 2. The Morgan fingerprint density at radius 2 is 1.95 bits per heavy atom. The lowest BCUT2D eigenvalue weighted by Crippen LogP contribution is -2.22. The van der Waals surface area contributed by atoms with E-state index in [1.807, 2.05) is 45.9 Å². The fourth-order valence-electron chi connectivity index (χ4n) is 1.68. The van der Waals surface area contributed by atoms with Gasteiger partial charge in [0.1, 0.15) is 0 Å². The average molecular weight is 294 g/mol. The quantitative estimate of drug-likeness (QED) is 0.599. The van der Waals surface area contributed by atoms with Crippen molar-refractivity contribution in [1.29, 1.82) is 0 Å². The highest BCUT2D eigenvalue weighted by Gasteiger charge is 2.09. The van der Waals surface area contributed by atoms with Crippen LogP contribution in [0.2, 0.25) is 0 Å². The zero-order chi connectivity index (χ0) is 15.9. The van der Waals surface area contributed by atoms with Crippen LogP contribution in [0.1, 0.15) is 32.8 Å². The van der Waals surface area contributed by atoms with Gasteiger partial charge in [0, 0.05) is 11.4 Å². The summed E-state index contributed by atoms with van der Waals surface area (Å²) in [6.07, 6.45) is 0.309. The molecule has 0 bridgehead atoms. The van der Waals surface area contributed by atoms with E-state index in [-0.39, 0.29) is 11.5 Å². The van der Waals surface area contributed by atoms with Crippen molar-refractivity contribution in [3.63, 3.8) is 0 Å². The van der Waals surface area contributed by atoms with Gasteiger partial charge in [0.05, 0.1) is 31.8 Å². The van der Waals surface area contributed by atoms with Gasteiger partial charge in [-0.3, -0.25) is 4.79 Å². The van der Waals surface area contributed by atoms with Crippen LogP contribution in [-0.4, -0.2) is 31.3 Å². The number of nitrogens with one attached hydrogen (secondary N) is 1. The van der Waals surface area contributed by atoms with E-state index < -0.39 is 0 Å². The summed E-state index contributed by atoms with van der Waals surface area (Å²) in [5.41, 5.74) is 7.93. The minimum absolute atomic E-state index is 0.0829. The van der Waals surface area contributed by atoms with Crippen LogP contribution < -0.4 is 11.1 Å². The fourth-order valence-corrected chi connectivity index (χ4v) is 1.68. The lowest BCUT2D eigenvalue weighted by molar-refractivity contribution is -0.117. The first-order valence-electron chi connectivity index (χ1n) is 7.16. The summed E-state index contributed by atoms with van der Waals surface area (Å²) in [6.45, 7) is 9.25. The van der Waals surface area contributed by atoms with Crippen LogP contribution in [0.4, 0.5) is 11.4 Å². The highest BCUT2D eigenvalue weighted by atomic mass is 16.5. The third-order valence-electron chi connectivity index (χ3n) is 2.89. The van der Waals surface area contributed by atoms with Gasteiger partial charge in [-0.05, 0) is 45.4 Å². The van der Waals surface area contributed by atoms with Crippen molar-refractivity contribution >= 4 is 17.3 Å². The highest BCUT2D eigenvalue weighted by Crippen LogP contribution is 2.20. The molecular weight excluding hydrogens is 268 g/mol. The maximum Gasteiger partial charge on any atom is 0.226 e. The summed E-state index contributed by atoms with van der Waals surface area (Å²) in [7, 11) is 0. The van der Waals surface area contributed by atoms with Crippen molar-refractivity contribution in [2.24, 2.45) is 0 Å². The monoisotopic (exact) mass is 294 g/mol. The van der Waals surface area contributed by atoms with E-state index in [9.17, 15) is 4.79 Å². The number of hydrogen-bond acceptors (Lipinski definition) is 4. The van der Waals surface area contributed by atoms with Crippen LogP contribution in [0, 0.1) is 6.92 Å². The predicted molar refractivity (Wildman–Crippen MR) is 85.4 cm³/mol. The summed E-state index contributed by atoms with van der Waals surface area (Å²) < 4.78 is 10.9. The van der Waals surface area contributed by atoms with Gasteiger partial charge in [-0.15, -0.1) is 0 Å². The number of nitrogens with two attached hydrogens (primary N) is 1. The van der Waals surface area contributed by atoms with Gasteiger partial charge in [0.15, 0.2) is 0 Å². The van der Waals surface area contributed by atoms with Crippen molar-refractivity contribution < 1.29 is 14.3 Å². The molecule has 1 aromatic carbocycles. The van der Waals surface area contributed by atoms with E-state index >= 15 is 0 Å². The van der Waals surface area contributed by atoms with Gasteiger partial charge in [-0.2, -0.15) is 0 Å². The molecule has 0 fully saturated rings. The molecule has 0 aromatic heterocycles. The third-order valence-corrected chi connectivity index (χ3v) is 2.89. The lowest BCUT2D eigenvalue weighted by atomic mass is 10.1. The first-order chi connectivity index (χ1) is 9.79. The zero-order valence-electron chi connectivity index (χ0n) is 13.4. The van der Waals surface area contributed by atoms with E-state index in [4.69, 9.17) is 15.2 Å². The Kier molecular flexibility index (Phi) is 6.65. The van der Waals surface area contributed by atoms with Gasteiger partial charge in [0.2, 0.25) is 5.91 Å². The molecule has 0 heterocycles. The second-order valence-corrected chi connectivity index (χ2v) is 5.89. The Balaban J connectivity index is 2.21. The zero-order valence-corrected chi connectivity index (χ0v) is 13.4.